The van der Waals surface area contributed by atoms with E-state index in [0.717, 1.165) is 19.3 Å². The molecule has 2 fully saturated rings. The Kier molecular flexibility index (Phi) is 4.37. The molecule has 2 saturated heterocycles. The van der Waals surface area contributed by atoms with Crippen LogP contribution in [0, 0.1) is 22.6 Å². The minimum Gasteiger partial charge on any atom is -0.381 e. The van der Waals surface area contributed by atoms with Gasteiger partial charge in [0.2, 0.25) is 5.91 Å². The molecule has 1 aromatic carbocycles. The molecule has 0 radical (unpaired) electrons. The smallest absolute Gasteiger partial charge is 0.243 e. The lowest BCUT2D eigenvalue weighted by molar-refractivity contribution is -0.147. The highest BCUT2D eigenvalue weighted by Gasteiger charge is 2.45. The Morgan fingerprint density at radius 3 is 2.96 bits per heavy atom. The minimum absolute atomic E-state index is 0.125. The van der Waals surface area contributed by atoms with Crippen molar-refractivity contribution >= 4 is 16.9 Å². The maximum absolute atomic E-state index is 13.5. The molecule has 26 heavy (non-hydrogen) atoms. The van der Waals surface area contributed by atoms with Crippen LogP contribution in [-0.2, 0) is 9.53 Å². The molecule has 2 aromatic rings. The zero-order chi connectivity index (χ0) is 18.1. The summed E-state index contributed by atoms with van der Waals surface area (Å²) in [6, 6.07) is 6.49. The van der Waals surface area contributed by atoms with E-state index in [4.69, 9.17) is 4.74 Å². The van der Waals surface area contributed by atoms with Gasteiger partial charge in [-0.25, -0.2) is 9.37 Å². The summed E-state index contributed by atoms with van der Waals surface area (Å²) >= 11 is 0. The van der Waals surface area contributed by atoms with Gasteiger partial charge in [-0.3, -0.25) is 4.79 Å². The number of hydrogen-bond acceptors (Lipinski definition) is 4. The zero-order valence-electron chi connectivity index (χ0n) is 14.5. The normalized spacial score (nSPS) is 22.9. The third-order valence-electron chi connectivity index (χ3n) is 5.51. The Bertz CT molecular complexity index is 866. The number of nitrogens with zero attached hydrogens (tertiary/aromatic N) is 3. The molecule has 0 spiro atoms. The van der Waals surface area contributed by atoms with Gasteiger partial charge in [-0.2, -0.15) is 5.26 Å². The number of nitrogens with one attached hydrogen (secondary N) is 1. The molecule has 0 bridgehead atoms. The number of piperidine rings is 1. The Morgan fingerprint density at radius 1 is 1.38 bits per heavy atom. The van der Waals surface area contributed by atoms with Crippen LogP contribution >= 0.6 is 0 Å². The fourth-order valence-corrected chi connectivity index (χ4v) is 3.99. The lowest BCUT2D eigenvalue weighted by Crippen LogP contribution is -2.49. The first kappa shape index (κ1) is 17.0. The number of fused-ring (bicyclic) bond motifs is 1. The van der Waals surface area contributed by atoms with Crippen LogP contribution in [0.15, 0.2) is 18.2 Å². The summed E-state index contributed by atoms with van der Waals surface area (Å²) in [5.74, 6) is 0.216. The van der Waals surface area contributed by atoms with Gasteiger partial charge in [0.25, 0.3) is 0 Å². The van der Waals surface area contributed by atoms with E-state index in [9.17, 15) is 14.4 Å². The van der Waals surface area contributed by atoms with E-state index in [1.165, 1.54) is 12.1 Å². The van der Waals surface area contributed by atoms with E-state index in [-0.39, 0.29) is 17.8 Å². The standard InChI is InChI=1S/C19H21FN4O2/c20-13-4-5-14-15(11-13)23-17(22-14)16-3-1-2-8-24(16)18(25)19(12-21)6-9-26-10-7-19/h4-5,11,16H,1-3,6-10H2,(H,22,23)/t16-/m0/s1. The first-order chi connectivity index (χ1) is 12.6. The Morgan fingerprint density at radius 2 is 2.19 bits per heavy atom. The van der Waals surface area contributed by atoms with Crippen LogP contribution in [0.1, 0.15) is 44.0 Å². The van der Waals surface area contributed by atoms with Crippen molar-refractivity contribution in [3.8, 4) is 6.07 Å². The molecule has 1 aromatic heterocycles. The van der Waals surface area contributed by atoms with Crippen LogP contribution in [0.25, 0.3) is 11.0 Å². The molecular weight excluding hydrogens is 335 g/mol. The molecule has 4 rings (SSSR count). The van der Waals surface area contributed by atoms with Crippen LogP contribution in [0.5, 0.6) is 0 Å². The average molecular weight is 356 g/mol. The zero-order valence-corrected chi connectivity index (χ0v) is 14.5. The lowest BCUT2D eigenvalue weighted by Gasteiger charge is -2.40. The summed E-state index contributed by atoms with van der Waals surface area (Å²) in [5, 5.41) is 9.73. The number of aromatic amines is 1. The lowest BCUT2D eigenvalue weighted by atomic mass is 9.79. The maximum atomic E-state index is 13.5. The van der Waals surface area contributed by atoms with Crippen LogP contribution in [0.3, 0.4) is 0 Å². The number of carbonyl (C=O) groups excluding carboxylic acids is 1. The molecule has 0 unspecified atom stereocenters. The quantitative estimate of drug-likeness (QED) is 0.896. The molecule has 136 valence electrons. The second kappa shape index (κ2) is 6.69. The van der Waals surface area contributed by atoms with Crippen molar-refractivity contribution in [3.63, 3.8) is 0 Å². The number of rotatable bonds is 2. The van der Waals surface area contributed by atoms with Crippen LogP contribution in [0.2, 0.25) is 0 Å². The van der Waals surface area contributed by atoms with Gasteiger partial charge >= 0.3 is 0 Å². The number of imidazole rings is 1. The third kappa shape index (κ3) is 2.84. The van der Waals surface area contributed by atoms with Crippen molar-refractivity contribution in [2.75, 3.05) is 19.8 Å². The average Bonchev–Trinajstić information content (AvgIpc) is 3.11. The summed E-state index contributed by atoms with van der Waals surface area (Å²) in [6.45, 7) is 1.47. The van der Waals surface area contributed by atoms with Crippen molar-refractivity contribution < 1.29 is 13.9 Å². The number of hydrogen-bond donors (Lipinski definition) is 1. The maximum Gasteiger partial charge on any atom is 0.243 e. The number of benzene rings is 1. The molecule has 0 saturated carbocycles. The van der Waals surface area contributed by atoms with E-state index >= 15 is 0 Å². The van der Waals surface area contributed by atoms with Crippen molar-refractivity contribution in [2.45, 2.75) is 38.1 Å². The molecule has 1 N–H and O–H groups in total. The van der Waals surface area contributed by atoms with Crippen LogP contribution in [-0.4, -0.2) is 40.5 Å². The summed E-state index contributed by atoms with van der Waals surface area (Å²) in [7, 11) is 0. The molecule has 0 aliphatic carbocycles. The second-order valence-electron chi connectivity index (χ2n) is 7.10. The Labute approximate surface area is 151 Å². The molecule has 2 aliphatic heterocycles. The Balaban J connectivity index is 1.67. The van der Waals surface area contributed by atoms with E-state index in [1.54, 1.807) is 11.0 Å². The molecule has 6 nitrogen and oxygen atoms in total. The first-order valence-corrected chi connectivity index (χ1v) is 9.08. The van der Waals surface area contributed by atoms with Gasteiger partial charge in [-0.15, -0.1) is 0 Å². The van der Waals surface area contributed by atoms with Crippen molar-refractivity contribution in [2.24, 2.45) is 5.41 Å². The van der Waals surface area contributed by atoms with E-state index < -0.39 is 5.41 Å². The van der Waals surface area contributed by atoms with Gasteiger partial charge in [0.15, 0.2) is 0 Å². The van der Waals surface area contributed by atoms with E-state index in [2.05, 4.69) is 16.0 Å². The number of halogens is 1. The van der Waals surface area contributed by atoms with Crippen molar-refractivity contribution in [1.29, 1.82) is 5.26 Å². The Hall–Kier alpha value is -2.46. The predicted molar refractivity (Wildman–Crippen MR) is 92.5 cm³/mol. The highest BCUT2D eigenvalue weighted by atomic mass is 19.1. The summed E-state index contributed by atoms with van der Waals surface area (Å²) in [6.07, 6.45) is 3.54. The van der Waals surface area contributed by atoms with Gasteiger partial charge in [0, 0.05) is 19.8 Å². The molecule has 2 aliphatic rings. The predicted octanol–water partition coefficient (Wildman–Crippen LogP) is 3.08. The fraction of sp³-hybridized carbons (Fsp3) is 0.526. The van der Waals surface area contributed by atoms with Gasteiger partial charge in [0.05, 0.1) is 23.1 Å². The number of aromatic nitrogens is 2. The molecular formula is C19H21FN4O2. The van der Waals surface area contributed by atoms with Crippen molar-refractivity contribution in [3.05, 3.63) is 29.8 Å². The number of carbonyl (C=O) groups is 1. The van der Waals surface area contributed by atoms with Gasteiger partial charge in [-0.05, 0) is 50.3 Å². The summed E-state index contributed by atoms with van der Waals surface area (Å²) in [4.78, 5) is 22.9. The number of ether oxygens (including phenoxy) is 1. The summed E-state index contributed by atoms with van der Waals surface area (Å²) in [5.41, 5.74) is 0.297. The largest absolute Gasteiger partial charge is 0.381 e. The molecule has 3 heterocycles. The van der Waals surface area contributed by atoms with Crippen molar-refractivity contribution in [1.82, 2.24) is 14.9 Å². The fourth-order valence-electron chi connectivity index (χ4n) is 3.99. The monoisotopic (exact) mass is 356 g/mol. The molecule has 1 atom stereocenters. The van der Waals surface area contributed by atoms with Gasteiger partial charge in [-0.1, -0.05) is 0 Å². The molecule has 7 heteroatoms. The third-order valence-corrected chi connectivity index (χ3v) is 5.51. The van der Waals surface area contributed by atoms with Gasteiger partial charge in [0.1, 0.15) is 17.1 Å². The highest BCUT2D eigenvalue weighted by Crippen LogP contribution is 2.38. The number of likely N-dealkylation sites (tertiary alicyclic amines) is 1. The number of amides is 1. The van der Waals surface area contributed by atoms with Crippen LogP contribution < -0.4 is 0 Å². The number of nitriles is 1. The number of H-pyrrole nitrogens is 1. The van der Waals surface area contributed by atoms with Gasteiger partial charge < -0.3 is 14.6 Å². The van der Waals surface area contributed by atoms with E-state index in [0.29, 0.717) is 49.5 Å². The highest BCUT2D eigenvalue weighted by molar-refractivity contribution is 5.86. The topological polar surface area (TPSA) is 82.0 Å². The van der Waals surface area contributed by atoms with Crippen LogP contribution in [0.4, 0.5) is 4.39 Å². The molecule has 1 amide bonds. The second-order valence-corrected chi connectivity index (χ2v) is 7.10. The first-order valence-electron chi connectivity index (χ1n) is 9.08. The SMILES string of the molecule is N#CC1(C(=O)N2CCCC[C@H]2c2nc3ccc(F)cc3[nH]2)CCOCC1. The minimum atomic E-state index is -1.01. The van der Waals surface area contributed by atoms with E-state index in [1.807, 2.05) is 0 Å². The summed E-state index contributed by atoms with van der Waals surface area (Å²) < 4.78 is 18.8.